The molecule has 4 N–H and O–H groups in total. The number of phenols is 2. The smallest absolute Gasteiger partial charge is 0.320 e. The third kappa shape index (κ3) is 6.27. The average Bonchev–Trinajstić information content (AvgIpc) is 3.67. The van der Waals surface area contributed by atoms with Gasteiger partial charge < -0.3 is 48.7 Å². The lowest BCUT2D eigenvalue weighted by Gasteiger charge is -2.43. The number of ketones is 3. The first-order valence-electron chi connectivity index (χ1n) is 17.1. The number of aromatic hydroxyl groups is 2. The third-order valence-corrected chi connectivity index (χ3v) is 10.4. The summed E-state index contributed by atoms with van der Waals surface area (Å²) in [5.41, 5.74) is -3.75. The molecule has 2 aliphatic carbocycles. The fourth-order valence-corrected chi connectivity index (χ4v) is 7.68. The van der Waals surface area contributed by atoms with E-state index in [0.717, 1.165) is 0 Å². The number of benzene rings is 2. The van der Waals surface area contributed by atoms with Crippen molar-refractivity contribution in [1.82, 2.24) is 9.47 Å². The molecule has 52 heavy (non-hydrogen) atoms. The van der Waals surface area contributed by atoms with Crippen molar-refractivity contribution in [3.8, 4) is 17.2 Å². The first kappa shape index (κ1) is 35.7. The maximum absolute atomic E-state index is 14.0. The van der Waals surface area contributed by atoms with Crippen molar-refractivity contribution in [2.75, 3.05) is 46.6 Å². The molecule has 3 aromatic rings. The molecule has 6 atom stereocenters. The normalized spacial score (nSPS) is 27.3. The van der Waals surface area contributed by atoms with Gasteiger partial charge in [-0.1, -0.05) is 12.1 Å². The number of phenolic OH excluding ortho intramolecular Hbond substituents is 2. The fraction of sp³-hybridized carbons (Fsp3) is 0.459. The van der Waals surface area contributed by atoms with E-state index in [1.807, 2.05) is 4.90 Å². The van der Waals surface area contributed by atoms with Gasteiger partial charge in [0.05, 0.1) is 61.8 Å². The number of aliphatic hydroxyl groups excluding tert-OH is 1. The molecule has 2 aromatic carbocycles. The predicted molar refractivity (Wildman–Crippen MR) is 178 cm³/mol. The van der Waals surface area contributed by atoms with Gasteiger partial charge in [0, 0.05) is 61.4 Å². The van der Waals surface area contributed by atoms with Crippen LogP contribution in [0.3, 0.4) is 0 Å². The molecule has 3 heterocycles. The number of carbonyl (C=O) groups is 4. The van der Waals surface area contributed by atoms with Crippen LogP contribution >= 0.6 is 0 Å². The number of nitrogens with zero attached hydrogens (tertiary/aromatic N) is 2. The number of carbonyl (C=O) groups excluding carboxylic acids is 4. The van der Waals surface area contributed by atoms with Gasteiger partial charge in [-0.3, -0.25) is 24.1 Å². The lowest BCUT2D eigenvalue weighted by molar-refractivity contribution is -0.254. The minimum atomic E-state index is -2.32. The summed E-state index contributed by atoms with van der Waals surface area (Å²) in [6.07, 6.45) is -1.54. The van der Waals surface area contributed by atoms with Crippen LogP contribution in [-0.4, -0.2) is 124 Å². The molecule has 2 fully saturated rings. The zero-order valence-electron chi connectivity index (χ0n) is 28.6. The summed E-state index contributed by atoms with van der Waals surface area (Å²) in [5.74, 6) is -4.43. The summed E-state index contributed by atoms with van der Waals surface area (Å²) >= 11 is 0. The van der Waals surface area contributed by atoms with E-state index in [9.17, 15) is 39.6 Å². The van der Waals surface area contributed by atoms with Crippen molar-refractivity contribution >= 4 is 23.3 Å². The second-order valence-electron chi connectivity index (χ2n) is 13.6. The molecule has 7 rings (SSSR count). The average molecular weight is 721 g/mol. The van der Waals surface area contributed by atoms with E-state index in [-0.39, 0.29) is 41.0 Å². The van der Waals surface area contributed by atoms with Crippen molar-refractivity contribution in [3.63, 3.8) is 0 Å². The van der Waals surface area contributed by atoms with E-state index >= 15 is 0 Å². The number of Topliss-reactive ketones (excluding diaryl/α,β-unsaturated/α-hetero) is 1. The number of aliphatic hydroxyl groups is 2. The summed E-state index contributed by atoms with van der Waals surface area (Å²) < 4.78 is 30.1. The number of methoxy groups -OCH3 is 1. The molecule has 0 saturated carbocycles. The Hall–Kier alpha value is -4.64. The van der Waals surface area contributed by atoms with Crippen LogP contribution in [0.4, 0.5) is 0 Å². The third-order valence-electron chi connectivity index (χ3n) is 10.4. The summed E-state index contributed by atoms with van der Waals surface area (Å²) in [5, 5.41) is 46.6. The number of morpholine rings is 1. The molecule has 0 radical (unpaired) electrons. The van der Waals surface area contributed by atoms with E-state index in [1.54, 1.807) is 36.0 Å². The summed E-state index contributed by atoms with van der Waals surface area (Å²) in [6.45, 7) is 2.70. The quantitative estimate of drug-likeness (QED) is 0.143. The van der Waals surface area contributed by atoms with E-state index in [4.69, 9.17) is 23.7 Å². The molecule has 276 valence electrons. The zero-order valence-corrected chi connectivity index (χ0v) is 28.6. The Labute approximate surface area is 298 Å². The topological polar surface area (TPSA) is 204 Å². The highest BCUT2D eigenvalue weighted by atomic mass is 16.7. The molecule has 15 nitrogen and oxygen atoms in total. The monoisotopic (exact) mass is 720 g/mol. The van der Waals surface area contributed by atoms with Crippen molar-refractivity contribution in [3.05, 3.63) is 76.1 Å². The molecular weight excluding hydrogens is 680 g/mol. The van der Waals surface area contributed by atoms with E-state index in [2.05, 4.69) is 0 Å². The summed E-state index contributed by atoms with van der Waals surface area (Å²) in [6, 6.07) is 7.50. The molecule has 4 aliphatic rings. The zero-order chi connectivity index (χ0) is 36.9. The molecule has 0 unspecified atom stereocenters. The minimum Gasteiger partial charge on any atom is -0.507 e. The molecule has 1 aromatic heterocycles. The lowest BCUT2D eigenvalue weighted by Crippen LogP contribution is -2.50. The van der Waals surface area contributed by atoms with Gasteiger partial charge in [0.25, 0.3) is 0 Å². The first-order valence-corrected chi connectivity index (χ1v) is 17.1. The molecule has 15 heteroatoms. The van der Waals surface area contributed by atoms with Gasteiger partial charge in [-0.05, 0) is 25.1 Å². The number of aromatic nitrogens is 1. The highest BCUT2D eigenvalue weighted by molar-refractivity contribution is 6.31. The van der Waals surface area contributed by atoms with Gasteiger partial charge in [0.15, 0.2) is 18.7 Å². The Kier molecular flexibility index (Phi) is 9.67. The fourth-order valence-electron chi connectivity index (χ4n) is 7.68. The highest BCUT2D eigenvalue weighted by Crippen LogP contribution is 2.52. The molecular formula is C37H40N2O13. The standard InChI is InChI=1S/C37H40N2O13/c1-19-32(42)22(39-8-3-4-9-39)14-27(51-19)52-24-16-37(47,25(40)18-50-26(41)17-38-10-12-49-13-11-38)15-21-29(24)36(46)31-30(34(21)44)33(43)20-6-5-7-23(48-2)28(20)35(31)45/h3-9,19,22,24,27,32,42,44,46-47H,10-18H2,1-2H3/t19-,22-,24-,27-,32+,37-/m0/s1. The van der Waals surface area contributed by atoms with Crippen LogP contribution in [0.15, 0.2) is 42.7 Å². The summed E-state index contributed by atoms with van der Waals surface area (Å²) in [4.78, 5) is 56.1. The van der Waals surface area contributed by atoms with Crippen molar-refractivity contribution in [1.29, 1.82) is 0 Å². The number of ether oxygens (including phenoxy) is 5. The lowest BCUT2D eigenvalue weighted by atomic mass is 9.72. The number of esters is 1. The Morgan fingerprint density at radius 1 is 1.00 bits per heavy atom. The van der Waals surface area contributed by atoms with E-state index in [0.29, 0.717) is 26.3 Å². The molecule has 0 amide bonds. The van der Waals surface area contributed by atoms with Crippen LogP contribution in [-0.2, 0) is 35.0 Å². The molecule has 2 aliphatic heterocycles. The molecule has 0 spiro atoms. The van der Waals surface area contributed by atoms with Gasteiger partial charge in [0.1, 0.15) is 29.0 Å². The van der Waals surface area contributed by atoms with E-state index in [1.165, 1.54) is 25.3 Å². The Morgan fingerprint density at radius 3 is 2.42 bits per heavy atom. The number of fused-ring (bicyclic) bond motifs is 3. The van der Waals surface area contributed by atoms with Gasteiger partial charge in [-0.2, -0.15) is 0 Å². The van der Waals surface area contributed by atoms with Crippen molar-refractivity contribution in [2.45, 2.75) is 62.4 Å². The van der Waals surface area contributed by atoms with Gasteiger partial charge >= 0.3 is 5.97 Å². The number of rotatable bonds is 9. The van der Waals surface area contributed by atoms with Gasteiger partial charge in [0.2, 0.25) is 11.6 Å². The van der Waals surface area contributed by atoms with E-state index < -0.39 is 102 Å². The Balaban J connectivity index is 1.25. The maximum Gasteiger partial charge on any atom is 0.320 e. The second-order valence-corrected chi connectivity index (χ2v) is 13.6. The van der Waals surface area contributed by atoms with Crippen LogP contribution in [0.2, 0.25) is 0 Å². The number of hydrogen-bond acceptors (Lipinski definition) is 14. The highest BCUT2D eigenvalue weighted by Gasteiger charge is 2.51. The molecule has 0 bridgehead atoms. The second kappa shape index (κ2) is 14.1. The summed E-state index contributed by atoms with van der Waals surface area (Å²) in [7, 11) is 1.33. The number of hydrogen-bond donors (Lipinski definition) is 4. The largest absolute Gasteiger partial charge is 0.507 e. The van der Waals surface area contributed by atoms with Crippen LogP contribution in [0.5, 0.6) is 17.2 Å². The SMILES string of the molecule is COc1cccc2c1C(=O)c1c(O)c3c(c(O)c1C2=O)C[C@@](O)(C(=O)COC(=O)CN1CCOCC1)C[C@@H]3O[C@H]1C[C@H](n2cccc2)[C@H](O)[C@H](C)O1. The Morgan fingerprint density at radius 2 is 1.71 bits per heavy atom. The Bertz CT molecular complexity index is 1900. The maximum atomic E-state index is 14.0. The van der Waals surface area contributed by atoms with Crippen LogP contribution in [0, 0.1) is 0 Å². The van der Waals surface area contributed by atoms with Crippen molar-refractivity contribution in [2.24, 2.45) is 0 Å². The van der Waals surface area contributed by atoms with Gasteiger partial charge in [-0.15, -0.1) is 0 Å². The van der Waals surface area contributed by atoms with Gasteiger partial charge in [-0.25, -0.2) is 0 Å². The first-order chi connectivity index (χ1) is 24.9. The minimum absolute atomic E-state index is 0.0622. The van der Waals surface area contributed by atoms with Crippen LogP contribution < -0.4 is 4.74 Å². The van der Waals surface area contributed by atoms with Crippen molar-refractivity contribution < 1.29 is 63.3 Å². The molecule has 2 saturated heterocycles. The van der Waals surface area contributed by atoms with Crippen LogP contribution in [0.25, 0.3) is 0 Å². The van der Waals surface area contributed by atoms with Crippen LogP contribution in [0.1, 0.15) is 74.9 Å². The predicted octanol–water partition coefficient (Wildman–Crippen LogP) is 1.60.